The second-order valence-electron chi connectivity index (χ2n) is 4.01. The summed E-state index contributed by atoms with van der Waals surface area (Å²) in [5.41, 5.74) is 6.16. The number of hydrogen-bond donors (Lipinski definition) is 2. The van der Waals surface area contributed by atoms with Crippen LogP contribution in [0.2, 0.25) is 0 Å². The van der Waals surface area contributed by atoms with E-state index < -0.39 is 15.8 Å². The normalized spacial score (nSPS) is 11.5. The van der Waals surface area contributed by atoms with Gasteiger partial charge >= 0.3 is 0 Å². The van der Waals surface area contributed by atoms with Crippen molar-refractivity contribution in [2.45, 2.75) is 17.7 Å². The molecule has 102 valence electrons. The van der Waals surface area contributed by atoms with E-state index in [0.29, 0.717) is 0 Å². The van der Waals surface area contributed by atoms with E-state index in [-0.39, 0.29) is 16.4 Å². The van der Waals surface area contributed by atoms with Gasteiger partial charge in [-0.15, -0.1) is 11.3 Å². The van der Waals surface area contributed by atoms with Gasteiger partial charge in [0.1, 0.15) is 10.0 Å². The first-order valence-corrected chi connectivity index (χ1v) is 7.80. The zero-order chi connectivity index (χ0) is 14.0. The van der Waals surface area contributed by atoms with E-state index in [9.17, 15) is 12.8 Å². The van der Waals surface area contributed by atoms with Gasteiger partial charge in [-0.1, -0.05) is 6.07 Å². The molecule has 0 aliphatic heterocycles. The highest BCUT2D eigenvalue weighted by atomic mass is 32.2. The fourth-order valence-electron chi connectivity index (χ4n) is 1.52. The number of hydrogen-bond acceptors (Lipinski definition) is 4. The number of halogens is 1. The predicted octanol–water partition coefficient (Wildman–Crippen LogP) is 2.46. The molecular formula is C12H13FN2O2S2. The monoisotopic (exact) mass is 300 g/mol. The summed E-state index contributed by atoms with van der Waals surface area (Å²) in [6.45, 7) is 2.04. The van der Waals surface area contributed by atoms with Gasteiger partial charge in [-0.05, 0) is 36.8 Å². The average molecular weight is 300 g/mol. The van der Waals surface area contributed by atoms with Crippen LogP contribution in [0.5, 0.6) is 0 Å². The lowest BCUT2D eigenvalue weighted by Gasteiger charge is -2.08. The van der Waals surface area contributed by atoms with E-state index in [1.54, 1.807) is 19.1 Å². The van der Waals surface area contributed by atoms with Crippen LogP contribution in [-0.4, -0.2) is 8.42 Å². The van der Waals surface area contributed by atoms with Crippen LogP contribution in [-0.2, 0) is 16.6 Å². The van der Waals surface area contributed by atoms with Crippen molar-refractivity contribution in [2.75, 3.05) is 4.72 Å². The smallest absolute Gasteiger partial charge is 0.271 e. The third-order valence-corrected chi connectivity index (χ3v) is 5.43. The molecule has 0 aliphatic carbocycles. The van der Waals surface area contributed by atoms with Gasteiger partial charge in [-0.2, -0.15) is 0 Å². The lowest BCUT2D eigenvalue weighted by Crippen LogP contribution is -2.12. The molecule has 0 radical (unpaired) electrons. The summed E-state index contributed by atoms with van der Waals surface area (Å²) in [4.78, 5) is 0.755. The summed E-state index contributed by atoms with van der Waals surface area (Å²) in [6, 6.07) is 7.36. The van der Waals surface area contributed by atoms with Gasteiger partial charge in [0.25, 0.3) is 10.0 Å². The number of thiophene rings is 1. The molecule has 1 aromatic heterocycles. The van der Waals surface area contributed by atoms with Gasteiger partial charge < -0.3 is 5.73 Å². The molecule has 0 aliphatic rings. The molecule has 2 rings (SSSR count). The molecule has 0 unspecified atom stereocenters. The number of nitrogens with two attached hydrogens (primary N) is 1. The van der Waals surface area contributed by atoms with Crippen LogP contribution in [0.15, 0.2) is 34.5 Å². The molecule has 0 saturated heterocycles. The Balaban J connectivity index is 2.33. The summed E-state index contributed by atoms with van der Waals surface area (Å²) < 4.78 is 40.1. The van der Waals surface area contributed by atoms with Crippen molar-refractivity contribution >= 4 is 27.0 Å². The lowest BCUT2D eigenvalue weighted by atomic mass is 10.2. The van der Waals surface area contributed by atoms with E-state index in [2.05, 4.69) is 4.72 Å². The summed E-state index contributed by atoms with van der Waals surface area (Å²) in [5.74, 6) is -0.607. The number of nitrogens with one attached hydrogen (secondary N) is 1. The summed E-state index contributed by atoms with van der Waals surface area (Å²) >= 11 is 1.07. The summed E-state index contributed by atoms with van der Waals surface area (Å²) in [6.07, 6.45) is 0. The molecule has 19 heavy (non-hydrogen) atoms. The molecule has 0 spiro atoms. The summed E-state index contributed by atoms with van der Waals surface area (Å²) in [7, 11) is -3.77. The van der Waals surface area contributed by atoms with E-state index in [4.69, 9.17) is 5.73 Å². The van der Waals surface area contributed by atoms with Crippen LogP contribution < -0.4 is 10.5 Å². The molecule has 0 fully saturated rings. The first-order valence-electron chi connectivity index (χ1n) is 5.50. The molecule has 2 aromatic rings. The van der Waals surface area contributed by atoms with Gasteiger partial charge in [0.2, 0.25) is 0 Å². The van der Waals surface area contributed by atoms with Gasteiger partial charge in [0.15, 0.2) is 0 Å². The van der Waals surface area contributed by atoms with Crippen LogP contribution in [0.1, 0.15) is 10.4 Å². The largest absolute Gasteiger partial charge is 0.326 e. The molecule has 4 nitrogen and oxygen atoms in total. The minimum Gasteiger partial charge on any atom is -0.326 e. The molecule has 0 atom stereocenters. The van der Waals surface area contributed by atoms with Crippen molar-refractivity contribution < 1.29 is 12.8 Å². The van der Waals surface area contributed by atoms with Gasteiger partial charge in [-0.3, -0.25) is 4.72 Å². The maximum atomic E-state index is 13.5. The van der Waals surface area contributed by atoms with E-state index in [0.717, 1.165) is 21.8 Å². The Labute approximate surface area is 115 Å². The zero-order valence-corrected chi connectivity index (χ0v) is 11.8. The first kappa shape index (κ1) is 14.0. The Hall–Kier alpha value is -1.44. The second kappa shape index (κ2) is 5.28. The number of anilines is 1. The van der Waals surface area contributed by atoms with Gasteiger partial charge in [-0.25, -0.2) is 12.8 Å². The van der Waals surface area contributed by atoms with E-state index in [1.165, 1.54) is 18.2 Å². The molecular weight excluding hydrogens is 287 g/mol. The standard InChI is InChI=1S/C12H13FN2O2S2/c1-8-2-4-10(13)11(6-8)15-19(16,17)12-5-3-9(7-14)18-12/h2-6,15H,7,14H2,1H3. The van der Waals surface area contributed by atoms with Crippen LogP contribution >= 0.6 is 11.3 Å². The average Bonchev–Trinajstić information content (AvgIpc) is 2.83. The first-order chi connectivity index (χ1) is 8.92. The number of rotatable bonds is 4. The molecule has 7 heteroatoms. The van der Waals surface area contributed by atoms with Crippen molar-refractivity contribution in [3.8, 4) is 0 Å². The van der Waals surface area contributed by atoms with Gasteiger partial charge in [0, 0.05) is 11.4 Å². The molecule has 0 amide bonds. The van der Waals surface area contributed by atoms with Crippen molar-refractivity contribution in [3.05, 3.63) is 46.6 Å². The SMILES string of the molecule is Cc1ccc(F)c(NS(=O)(=O)c2ccc(CN)s2)c1. The Morgan fingerprint density at radius 3 is 2.68 bits per heavy atom. The van der Waals surface area contributed by atoms with Crippen LogP contribution in [0.25, 0.3) is 0 Å². The Kier molecular flexibility index (Phi) is 3.88. The third-order valence-electron chi connectivity index (χ3n) is 2.47. The highest BCUT2D eigenvalue weighted by molar-refractivity contribution is 7.94. The van der Waals surface area contributed by atoms with Crippen molar-refractivity contribution in [3.63, 3.8) is 0 Å². The molecule has 0 saturated carbocycles. The Morgan fingerprint density at radius 2 is 2.05 bits per heavy atom. The quantitative estimate of drug-likeness (QED) is 0.911. The lowest BCUT2D eigenvalue weighted by molar-refractivity contribution is 0.600. The van der Waals surface area contributed by atoms with E-state index >= 15 is 0 Å². The van der Waals surface area contributed by atoms with Gasteiger partial charge in [0.05, 0.1) is 5.69 Å². The highest BCUT2D eigenvalue weighted by Gasteiger charge is 2.18. The predicted molar refractivity (Wildman–Crippen MR) is 74.2 cm³/mol. The fourth-order valence-corrected chi connectivity index (χ4v) is 3.82. The maximum absolute atomic E-state index is 13.5. The second-order valence-corrected chi connectivity index (χ2v) is 7.09. The van der Waals surface area contributed by atoms with E-state index in [1.807, 2.05) is 0 Å². The zero-order valence-electron chi connectivity index (χ0n) is 10.2. The Bertz CT molecular complexity index is 696. The van der Waals surface area contributed by atoms with Crippen molar-refractivity contribution in [1.29, 1.82) is 0 Å². The summed E-state index contributed by atoms with van der Waals surface area (Å²) in [5, 5.41) is 0. The van der Waals surface area contributed by atoms with Crippen molar-refractivity contribution in [1.82, 2.24) is 0 Å². The van der Waals surface area contributed by atoms with Crippen LogP contribution in [0.3, 0.4) is 0 Å². The third kappa shape index (κ3) is 3.12. The molecule has 1 aromatic carbocycles. The minimum atomic E-state index is -3.77. The number of sulfonamides is 1. The topological polar surface area (TPSA) is 72.2 Å². The maximum Gasteiger partial charge on any atom is 0.271 e. The molecule has 0 bridgehead atoms. The Morgan fingerprint density at radius 1 is 1.32 bits per heavy atom. The fraction of sp³-hybridized carbons (Fsp3) is 0.167. The number of aryl methyl sites for hydroxylation is 1. The molecule has 3 N–H and O–H groups in total. The van der Waals surface area contributed by atoms with Crippen LogP contribution in [0.4, 0.5) is 10.1 Å². The van der Waals surface area contributed by atoms with Crippen LogP contribution in [0, 0.1) is 12.7 Å². The minimum absolute atomic E-state index is 0.0531. The highest BCUT2D eigenvalue weighted by Crippen LogP contribution is 2.25. The number of benzene rings is 1. The molecule has 1 heterocycles. The van der Waals surface area contributed by atoms with Crippen molar-refractivity contribution in [2.24, 2.45) is 5.73 Å².